The van der Waals surface area contributed by atoms with Crippen LogP contribution in [0, 0.1) is 24.7 Å². The van der Waals surface area contributed by atoms with Crippen molar-refractivity contribution in [2.45, 2.75) is 40.5 Å². The van der Waals surface area contributed by atoms with Crippen LogP contribution in [-0.4, -0.2) is 39.6 Å². The van der Waals surface area contributed by atoms with Crippen molar-refractivity contribution in [1.82, 2.24) is 0 Å². The fourth-order valence-electron chi connectivity index (χ4n) is 3.13. The molecule has 0 N–H and O–H groups in total. The second kappa shape index (κ2) is 6.93. The van der Waals surface area contributed by atoms with Gasteiger partial charge in [-0.25, -0.2) is 0 Å². The second-order valence-corrected chi connectivity index (χ2v) is 7.63. The Morgan fingerprint density at radius 3 is 1.42 bits per heavy atom. The monoisotopic (exact) mass is 334 g/mol. The second-order valence-electron chi connectivity index (χ2n) is 7.63. The zero-order valence-corrected chi connectivity index (χ0v) is 15.4. The maximum Gasteiger partial charge on any atom is 0.164 e. The maximum atomic E-state index is 6.26. The molecule has 2 saturated heterocycles. The normalized spacial score (nSPS) is 20.8. The van der Waals surface area contributed by atoms with Crippen molar-refractivity contribution in [3.8, 4) is 11.5 Å². The maximum absolute atomic E-state index is 6.26. The summed E-state index contributed by atoms with van der Waals surface area (Å²) in [6.07, 6.45) is 2.15. The molecule has 0 saturated carbocycles. The van der Waals surface area contributed by atoms with Crippen LogP contribution in [0.15, 0.2) is 12.1 Å². The van der Waals surface area contributed by atoms with E-state index in [9.17, 15) is 0 Å². The Kier molecular flexibility index (Phi) is 5.07. The van der Waals surface area contributed by atoms with E-state index in [-0.39, 0.29) is 10.8 Å². The van der Waals surface area contributed by atoms with E-state index in [1.54, 1.807) is 0 Å². The molecule has 1 aromatic rings. The molecule has 0 aromatic heterocycles. The molecular formula is C20H30O4. The summed E-state index contributed by atoms with van der Waals surface area (Å²) >= 11 is 0. The molecule has 4 nitrogen and oxygen atoms in total. The van der Waals surface area contributed by atoms with Crippen LogP contribution in [0.4, 0.5) is 0 Å². The van der Waals surface area contributed by atoms with E-state index in [4.69, 9.17) is 18.9 Å². The van der Waals surface area contributed by atoms with Crippen LogP contribution in [0.3, 0.4) is 0 Å². The van der Waals surface area contributed by atoms with Gasteiger partial charge in [0.15, 0.2) is 11.5 Å². The third-order valence-electron chi connectivity index (χ3n) is 5.68. The predicted octanol–water partition coefficient (Wildman–Crippen LogP) is 3.91. The molecule has 0 atom stereocenters. The average molecular weight is 334 g/mol. The lowest BCUT2D eigenvalue weighted by atomic mass is 9.84. The molecule has 2 aliphatic heterocycles. The number of hydrogen-bond donors (Lipinski definition) is 0. The van der Waals surface area contributed by atoms with Crippen molar-refractivity contribution in [2.75, 3.05) is 39.6 Å². The minimum absolute atomic E-state index is 0.167. The third-order valence-corrected chi connectivity index (χ3v) is 5.68. The molecule has 0 aliphatic carbocycles. The number of ether oxygens (including phenoxy) is 4. The summed E-state index contributed by atoms with van der Waals surface area (Å²) in [4.78, 5) is 0. The Balaban J connectivity index is 1.73. The van der Waals surface area contributed by atoms with Crippen molar-refractivity contribution in [3.63, 3.8) is 0 Å². The molecule has 3 rings (SSSR count). The fourth-order valence-corrected chi connectivity index (χ4v) is 3.13. The molecule has 0 unspecified atom stereocenters. The Morgan fingerprint density at radius 1 is 0.792 bits per heavy atom. The van der Waals surface area contributed by atoms with Crippen LogP contribution >= 0.6 is 0 Å². The number of hydrogen-bond acceptors (Lipinski definition) is 4. The first-order valence-electron chi connectivity index (χ1n) is 9.04. The number of benzene rings is 1. The van der Waals surface area contributed by atoms with E-state index >= 15 is 0 Å². The zero-order valence-electron chi connectivity index (χ0n) is 15.4. The quantitative estimate of drug-likeness (QED) is 0.722. The van der Waals surface area contributed by atoms with Gasteiger partial charge in [0.2, 0.25) is 0 Å². The lowest BCUT2D eigenvalue weighted by molar-refractivity contribution is -0.136. The van der Waals surface area contributed by atoms with Crippen molar-refractivity contribution in [2.24, 2.45) is 10.8 Å². The van der Waals surface area contributed by atoms with Gasteiger partial charge < -0.3 is 18.9 Å². The van der Waals surface area contributed by atoms with Gasteiger partial charge in [-0.15, -0.1) is 0 Å². The van der Waals surface area contributed by atoms with Crippen LogP contribution in [0.5, 0.6) is 11.5 Å². The van der Waals surface area contributed by atoms with Crippen LogP contribution in [0.2, 0.25) is 0 Å². The molecule has 0 amide bonds. The molecular weight excluding hydrogens is 304 g/mol. The van der Waals surface area contributed by atoms with Crippen LogP contribution in [-0.2, 0) is 9.47 Å². The van der Waals surface area contributed by atoms with Gasteiger partial charge in [-0.3, -0.25) is 0 Å². The van der Waals surface area contributed by atoms with Crippen LogP contribution in [0.1, 0.15) is 37.8 Å². The van der Waals surface area contributed by atoms with Crippen molar-refractivity contribution >= 4 is 0 Å². The van der Waals surface area contributed by atoms with E-state index in [2.05, 4.69) is 39.8 Å². The Bertz CT molecular complexity index is 511. The summed E-state index contributed by atoms with van der Waals surface area (Å²) in [6, 6.07) is 4.21. The van der Waals surface area contributed by atoms with E-state index < -0.39 is 0 Å². The highest BCUT2D eigenvalue weighted by molar-refractivity contribution is 5.51. The van der Waals surface area contributed by atoms with Gasteiger partial charge in [-0.1, -0.05) is 26.0 Å². The van der Waals surface area contributed by atoms with Gasteiger partial charge >= 0.3 is 0 Å². The third kappa shape index (κ3) is 3.27. The smallest absolute Gasteiger partial charge is 0.164 e. The van der Waals surface area contributed by atoms with Crippen LogP contribution < -0.4 is 9.47 Å². The topological polar surface area (TPSA) is 36.9 Å². The van der Waals surface area contributed by atoms with Gasteiger partial charge in [0.25, 0.3) is 0 Å². The zero-order chi connectivity index (χ0) is 17.2. The van der Waals surface area contributed by atoms with Gasteiger partial charge in [-0.2, -0.15) is 0 Å². The summed E-state index contributed by atoms with van der Waals surface area (Å²) < 4.78 is 23.3. The molecule has 2 fully saturated rings. The highest BCUT2D eigenvalue weighted by Gasteiger charge is 2.39. The van der Waals surface area contributed by atoms with Gasteiger partial charge in [0.05, 0.1) is 50.5 Å². The lowest BCUT2D eigenvalue weighted by Crippen LogP contribution is -2.47. The molecule has 1 aromatic carbocycles. The molecule has 2 heterocycles. The first-order chi connectivity index (χ1) is 11.5. The largest absolute Gasteiger partial charge is 0.489 e. The van der Waals surface area contributed by atoms with Gasteiger partial charge in [0, 0.05) is 0 Å². The Hall–Kier alpha value is -1.26. The molecule has 4 heteroatoms. The van der Waals surface area contributed by atoms with E-state index in [1.165, 1.54) is 0 Å². The lowest BCUT2D eigenvalue weighted by Gasteiger charge is -2.41. The summed E-state index contributed by atoms with van der Waals surface area (Å²) in [7, 11) is 0. The summed E-state index contributed by atoms with van der Waals surface area (Å²) in [5.41, 5.74) is 2.58. The van der Waals surface area contributed by atoms with E-state index in [1.807, 2.05) is 0 Å². The summed E-state index contributed by atoms with van der Waals surface area (Å²) in [5.74, 6) is 1.78. The Morgan fingerprint density at radius 2 is 1.17 bits per heavy atom. The molecule has 0 spiro atoms. The van der Waals surface area contributed by atoms with Crippen molar-refractivity contribution < 1.29 is 18.9 Å². The highest BCUT2D eigenvalue weighted by Crippen LogP contribution is 2.40. The molecule has 0 radical (unpaired) electrons. The van der Waals surface area contributed by atoms with E-state index in [0.717, 1.165) is 61.9 Å². The minimum Gasteiger partial charge on any atom is -0.489 e. The average Bonchev–Trinajstić information content (AvgIpc) is 2.51. The molecule has 2 aliphatic rings. The Labute approximate surface area is 145 Å². The predicted molar refractivity (Wildman–Crippen MR) is 94.0 cm³/mol. The van der Waals surface area contributed by atoms with Crippen molar-refractivity contribution in [1.29, 1.82) is 0 Å². The summed E-state index contributed by atoms with van der Waals surface area (Å²) in [5, 5.41) is 0. The fraction of sp³-hybridized carbons (Fsp3) is 0.700. The SMILES string of the molecule is CCC1(COc2c(C)ccc(C)c2OCC2(CC)COC2)COC1. The van der Waals surface area contributed by atoms with E-state index in [0.29, 0.717) is 13.2 Å². The van der Waals surface area contributed by atoms with Gasteiger partial charge in [0.1, 0.15) is 0 Å². The molecule has 134 valence electrons. The standard InChI is InChI=1S/C20H30O4/c1-5-19(9-21-10-19)13-23-17-15(3)7-8-16(4)18(17)24-14-20(6-2)11-22-12-20/h7-8H,5-6,9-14H2,1-4H3. The number of aryl methyl sites for hydroxylation is 2. The first-order valence-corrected chi connectivity index (χ1v) is 9.04. The minimum atomic E-state index is 0.167. The molecule has 24 heavy (non-hydrogen) atoms. The number of rotatable bonds is 8. The van der Waals surface area contributed by atoms with Crippen molar-refractivity contribution in [3.05, 3.63) is 23.3 Å². The first kappa shape index (κ1) is 17.6. The highest BCUT2D eigenvalue weighted by atomic mass is 16.5. The molecule has 0 bridgehead atoms. The van der Waals surface area contributed by atoms with Crippen LogP contribution in [0.25, 0.3) is 0 Å². The van der Waals surface area contributed by atoms with Gasteiger partial charge in [-0.05, 0) is 37.8 Å². The summed E-state index contributed by atoms with van der Waals surface area (Å²) in [6.45, 7) is 13.1.